The first-order chi connectivity index (χ1) is 13.4. The van der Waals surface area contributed by atoms with Crippen molar-refractivity contribution in [1.82, 2.24) is 15.2 Å². The van der Waals surface area contributed by atoms with Crippen LogP contribution in [0.5, 0.6) is 0 Å². The van der Waals surface area contributed by atoms with E-state index in [-0.39, 0.29) is 33.1 Å². The van der Waals surface area contributed by atoms with Gasteiger partial charge < -0.3 is 5.32 Å². The largest absolute Gasteiger partial charge is 0.324 e. The minimum atomic E-state index is -0.356. The van der Waals surface area contributed by atoms with E-state index in [1.54, 1.807) is 30.3 Å². The average molecular weight is 456 g/mol. The number of rotatable bonds is 6. The van der Waals surface area contributed by atoms with Crippen molar-refractivity contribution < 1.29 is 4.79 Å². The van der Waals surface area contributed by atoms with Crippen LogP contribution in [0, 0.1) is 0 Å². The van der Waals surface area contributed by atoms with Crippen molar-refractivity contribution in [3.63, 3.8) is 0 Å². The second-order valence-corrected chi connectivity index (χ2v) is 7.83. The Bertz CT molecular complexity index is 1060. The summed E-state index contributed by atoms with van der Waals surface area (Å²) in [5.74, 6) is -0.300. The molecule has 3 aromatic rings. The predicted octanol–water partition coefficient (Wildman–Crippen LogP) is 4.45. The molecule has 0 unspecified atom stereocenters. The number of H-pyrrole nitrogens is 1. The van der Waals surface area contributed by atoms with Crippen molar-refractivity contribution >= 4 is 58.2 Å². The molecule has 10 heteroatoms. The Kier molecular flexibility index (Phi) is 6.96. The van der Waals surface area contributed by atoms with Gasteiger partial charge in [0, 0.05) is 11.4 Å². The highest BCUT2D eigenvalue weighted by molar-refractivity contribution is 7.99. The van der Waals surface area contributed by atoms with Crippen LogP contribution in [0.2, 0.25) is 15.1 Å². The van der Waals surface area contributed by atoms with Gasteiger partial charge in [-0.25, -0.2) is 0 Å². The molecule has 2 aromatic carbocycles. The van der Waals surface area contributed by atoms with E-state index in [1.807, 2.05) is 12.1 Å². The third kappa shape index (κ3) is 5.48. The highest BCUT2D eigenvalue weighted by atomic mass is 35.5. The van der Waals surface area contributed by atoms with Crippen molar-refractivity contribution in [1.29, 1.82) is 0 Å². The summed E-state index contributed by atoms with van der Waals surface area (Å²) in [6, 6.07) is 12.1. The molecule has 0 aliphatic heterocycles. The number of nitrogens with one attached hydrogen (secondary N) is 2. The van der Waals surface area contributed by atoms with Gasteiger partial charge >= 0.3 is 0 Å². The second kappa shape index (κ2) is 9.43. The molecule has 0 atom stereocenters. The van der Waals surface area contributed by atoms with Crippen molar-refractivity contribution in [2.45, 2.75) is 11.6 Å². The minimum Gasteiger partial charge on any atom is -0.324 e. The molecule has 0 aliphatic carbocycles. The molecular weight excluding hydrogens is 443 g/mol. The summed E-state index contributed by atoms with van der Waals surface area (Å²) in [6.45, 7) is 0. The normalized spacial score (nSPS) is 10.7. The van der Waals surface area contributed by atoms with Crippen LogP contribution in [0.15, 0.2) is 52.4 Å². The molecule has 144 valence electrons. The van der Waals surface area contributed by atoms with E-state index in [0.29, 0.717) is 22.2 Å². The molecule has 0 saturated heterocycles. The van der Waals surface area contributed by atoms with Gasteiger partial charge in [0.1, 0.15) is 5.69 Å². The van der Waals surface area contributed by atoms with Crippen LogP contribution in [0.25, 0.3) is 0 Å². The van der Waals surface area contributed by atoms with Crippen molar-refractivity contribution in [3.05, 3.63) is 79.1 Å². The van der Waals surface area contributed by atoms with Gasteiger partial charge in [-0.3, -0.25) is 14.6 Å². The number of halogens is 3. The third-order valence-electron chi connectivity index (χ3n) is 3.59. The number of carbonyl (C=O) groups is 1. The molecule has 0 radical (unpaired) electrons. The molecule has 0 bridgehead atoms. The zero-order valence-corrected chi connectivity index (χ0v) is 17.3. The molecule has 2 N–H and O–H groups in total. The lowest BCUT2D eigenvalue weighted by Gasteiger charge is -2.07. The van der Waals surface area contributed by atoms with Gasteiger partial charge in [-0.1, -0.05) is 64.8 Å². The number of anilines is 1. The summed E-state index contributed by atoms with van der Waals surface area (Å²) in [4.78, 5) is 26.9. The molecule has 28 heavy (non-hydrogen) atoms. The fraction of sp³-hybridized carbons (Fsp3) is 0.111. The Hall–Kier alpha value is -2.06. The van der Waals surface area contributed by atoms with E-state index in [1.165, 1.54) is 0 Å². The van der Waals surface area contributed by atoms with Crippen LogP contribution in [-0.2, 0) is 11.2 Å². The molecule has 0 saturated carbocycles. The van der Waals surface area contributed by atoms with Crippen LogP contribution in [0.1, 0.15) is 11.3 Å². The van der Waals surface area contributed by atoms with E-state index in [0.717, 1.165) is 17.3 Å². The molecular formula is C18H13Cl3N4O2S. The Morgan fingerprint density at radius 1 is 1.07 bits per heavy atom. The summed E-state index contributed by atoms with van der Waals surface area (Å²) in [7, 11) is 0. The Balaban J connectivity index is 1.59. The molecule has 1 aromatic heterocycles. The number of carbonyl (C=O) groups excluding carboxylic acids is 1. The number of hydrogen-bond acceptors (Lipinski definition) is 5. The lowest BCUT2D eigenvalue weighted by Crippen LogP contribution is -2.19. The Morgan fingerprint density at radius 3 is 2.54 bits per heavy atom. The summed E-state index contributed by atoms with van der Waals surface area (Å²) < 4.78 is 0. The number of nitrogens with zero attached hydrogens (tertiary/aromatic N) is 2. The molecule has 6 nitrogen and oxygen atoms in total. The minimum absolute atomic E-state index is 0.0179. The summed E-state index contributed by atoms with van der Waals surface area (Å²) >= 11 is 18.9. The maximum atomic E-state index is 12.2. The van der Waals surface area contributed by atoms with Crippen LogP contribution < -0.4 is 10.9 Å². The van der Waals surface area contributed by atoms with Crippen LogP contribution >= 0.6 is 46.6 Å². The summed E-state index contributed by atoms with van der Waals surface area (Å²) in [5, 5.41) is 12.1. The zero-order chi connectivity index (χ0) is 20.1. The number of aromatic amines is 1. The number of hydrogen-bond donors (Lipinski definition) is 2. The quantitative estimate of drug-likeness (QED) is 0.536. The van der Waals surface area contributed by atoms with E-state index < -0.39 is 0 Å². The average Bonchev–Trinajstić information content (AvgIpc) is 2.67. The first-order valence-electron chi connectivity index (χ1n) is 7.99. The second-order valence-electron chi connectivity index (χ2n) is 5.65. The highest BCUT2D eigenvalue weighted by Crippen LogP contribution is 2.29. The predicted molar refractivity (Wildman–Crippen MR) is 113 cm³/mol. The van der Waals surface area contributed by atoms with Crippen molar-refractivity contribution in [2.75, 3.05) is 11.1 Å². The van der Waals surface area contributed by atoms with E-state index in [2.05, 4.69) is 20.5 Å². The van der Waals surface area contributed by atoms with Gasteiger partial charge in [0.2, 0.25) is 5.91 Å². The number of aromatic nitrogens is 3. The van der Waals surface area contributed by atoms with Gasteiger partial charge in [-0.15, -0.1) is 10.2 Å². The fourth-order valence-electron chi connectivity index (χ4n) is 2.24. The molecule has 1 heterocycles. The van der Waals surface area contributed by atoms with Gasteiger partial charge in [0.15, 0.2) is 5.16 Å². The Morgan fingerprint density at radius 2 is 1.82 bits per heavy atom. The SMILES string of the molecule is O=C(CSc1nnc(Cc2ccc(Cl)cc2)c(=O)[nH]1)Nc1cccc(Cl)c1Cl. The number of thioether (sulfide) groups is 1. The molecule has 0 spiro atoms. The summed E-state index contributed by atoms with van der Waals surface area (Å²) in [5.41, 5.74) is 1.23. The van der Waals surface area contributed by atoms with Crippen molar-refractivity contribution in [3.8, 4) is 0 Å². The monoisotopic (exact) mass is 454 g/mol. The number of amides is 1. The van der Waals surface area contributed by atoms with E-state index >= 15 is 0 Å². The van der Waals surface area contributed by atoms with Crippen LogP contribution in [0.3, 0.4) is 0 Å². The summed E-state index contributed by atoms with van der Waals surface area (Å²) in [6.07, 6.45) is 0.332. The maximum absolute atomic E-state index is 12.2. The van der Waals surface area contributed by atoms with E-state index in [4.69, 9.17) is 34.8 Å². The third-order valence-corrected chi connectivity index (χ3v) is 5.53. The molecule has 0 aliphatic rings. The first kappa shape index (κ1) is 20.7. The van der Waals surface area contributed by atoms with Crippen LogP contribution in [-0.4, -0.2) is 26.8 Å². The highest BCUT2D eigenvalue weighted by Gasteiger charge is 2.11. The lowest BCUT2D eigenvalue weighted by atomic mass is 10.1. The van der Waals surface area contributed by atoms with Crippen LogP contribution in [0.4, 0.5) is 5.69 Å². The van der Waals surface area contributed by atoms with Gasteiger partial charge in [-0.05, 0) is 29.8 Å². The molecule has 1 amide bonds. The van der Waals surface area contributed by atoms with Crippen molar-refractivity contribution in [2.24, 2.45) is 0 Å². The van der Waals surface area contributed by atoms with Gasteiger partial charge in [0.25, 0.3) is 5.56 Å². The molecule has 3 rings (SSSR count). The fourth-order valence-corrected chi connectivity index (χ4v) is 3.32. The standard InChI is InChI=1S/C18H13Cl3N4O2S/c19-11-6-4-10(5-7-11)8-14-17(27)23-18(25-24-14)28-9-15(26)22-13-3-1-2-12(20)16(13)21/h1-7H,8-9H2,(H,22,26)(H,23,25,27). The topological polar surface area (TPSA) is 87.7 Å². The molecule has 0 fully saturated rings. The Labute approximate surface area is 179 Å². The van der Waals surface area contributed by atoms with E-state index in [9.17, 15) is 9.59 Å². The number of benzene rings is 2. The maximum Gasteiger partial charge on any atom is 0.273 e. The first-order valence-corrected chi connectivity index (χ1v) is 10.1. The lowest BCUT2D eigenvalue weighted by molar-refractivity contribution is -0.113. The zero-order valence-electron chi connectivity index (χ0n) is 14.2. The van der Waals surface area contributed by atoms with Gasteiger partial charge in [0.05, 0.1) is 21.5 Å². The van der Waals surface area contributed by atoms with Gasteiger partial charge in [-0.2, -0.15) is 0 Å². The smallest absolute Gasteiger partial charge is 0.273 e.